The minimum Gasteiger partial charge on any atom is -0.368 e. The van der Waals surface area contributed by atoms with Gasteiger partial charge in [0.05, 0.1) is 17.0 Å². The third-order valence-corrected chi connectivity index (χ3v) is 6.19. The lowest BCUT2D eigenvalue weighted by atomic mass is 9.96. The monoisotopic (exact) mass is 303 g/mol. The molecule has 2 fully saturated rings. The summed E-state index contributed by atoms with van der Waals surface area (Å²) < 4.78 is 23.0. The number of nitrogens with zero attached hydrogens (tertiary/aromatic N) is 1. The van der Waals surface area contributed by atoms with Gasteiger partial charge in [0.1, 0.15) is 0 Å². The van der Waals surface area contributed by atoms with Crippen molar-refractivity contribution in [2.45, 2.75) is 50.2 Å². The van der Waals surface area contributed by atoms with Crippen LogP contribution in [0, 0.1) is 0 Å². The van der Waals surface area contributed by atoms with Crippen molar-refractivity contribution < 1.29 is 13.2 Å². The molecule has 0 bridgehead atoms. The number of sulfone groups is 1. The fourth-order valence-corrected chi connectivity index (χ4v) is 4.46. The zero-order chi connectivity index (χ0) is 15.0. The normalized spacial score (nSPS) is 28.4. The summed E-state index contributed by atoms with van der Waals surface area (Å²) in [5.41, 5.74) is 4.81. The predicted octanol–water partition coefficient (Wildman–Crippen LogP) is -0.509. The van der Waals surface area contributed by atoms with Gasteiger partial charge >= 0.3 is 0 Å². The summed E-state index contributed by atoms with van der Waals surface area (Å²) in [6.07, 6.45) is 3.48. The van der Waals surface area contributed by atoms with Crippen LogP contribution in [0.5, 0.6) is 0 Å². The summed E-state index contributed by atoms with van der Waals surface area (Å²) in [7, 11) is -0.948. The second-order valence-corrected chi connectivity index (χ2v) is 8.63. The van der Waals surface area contributed by atoms with Crippen molar-refractivity contribution in [3.05, 3.63) is 0 Å². The van der Waals surface area contributed by atoms with Crippen molar-refractivity contribution in [1.29, 1.82) is 0 Å². The molecule has 2 aliphatic rings. The smallest absolute Gasteiger partial charge is 0.237 e. The lowest BCUT2D eigenvalue weighted by Gasteiger charge is -2.31. The minimum atomic E-state index is -2.87. The molecule has 0 aromatic heterocycles. The highest BCUT2D eigenvalue weighted by Gasteiger charge is 2.38. The number of nitrogens with two attached hydrogens (primary N) is 1. The molecule has 0 spiro atoms. The van der Waals surface area contributed by atoms with Crippen LogP contribution < -0.4 is 11.1 Å². The number of amides is 1. The number of hydrogen-bond acceptors (Lipinski definition) is 5. The van der Waals surface area contributed by atoms with Crippen molar-refractivity contribution in [3.8, 4) is 0 Å². The Balaban J connectivity index is 1.87. The van der Waals surface area contributed by atoms with E-state index in [1.54, 1.807) is 0 Å². The Labute approximate surface area is 121 Å². The second-order valence-electron chi connectivity index (χ2n) is 6.40. The van der Waals surface area contributed by atoms with Gasteiger partial charge in [0.25, 0.3) is 0 Å². The maximum absolute atomic E-state index is 11.7. The Kier molecular flexibility index (Phi) is 4.41. The van der Waals surface area contributed by atoms with Gasteiger partial charge in [0.2, 0.25) is 5.91 Å². The quantitative estimate of drug-likeness (QED) is 0.661. The summed E-state index contributed by atoms with van der Waals surface area (Å²) >= 11 is 0. The fourth-order valence-electron chi connectivity index (χ4n) is 2.65. The molecule has 0 aromatic carbocycles. The first-order chi connectivity index (χ1) is 9.22. The third-order valence-electron chi connectivity index (χ3n) is 4.44. The van der Waals surface area contributed by atoms with Crippen LogP contribution in [0.15, 0.2) is 0 Å². The fraction of sp³-hybridized carbons (Fsp3) is 0.923. The molecule has 1 amide bonds. The largest absolute Gasteiger partial charge is 0.368 e. The number of primary amides is 1. The van der Waals surface area contributed by atoms with Crippen molar-refractivity contribution in [2.75, 3.05) is 25.1 Å². The van der Waals surface area contributed by atoms with E-state index in [1.807, 2.05) is 18.9 Å². The van der Waals surface area contributed by atoms with E-state index in [0.717, 1.165) is 12.8 Å². The SMILES string of the molecule is CN(CCC(C)(NC1CC1)C(N)=O)C1CCS(=O)(=O)C1. The van der Waals surface area contributed by atoms with Crippen LogP contribution in [-0.2, 0) is 14.6 Å². The molecule has 20 heavy (non-hydrogen) atoms. The van der Waals surface area contributed by atoms with Gasteiger partial charge in [-0.1, -0.05) is 0 Å². The molecule has 2 atom stereocenters. The summed E-state index contributed by atoms with van der Waals surface area (Å²) in [5, 5.41) is 3.31. The van der Waals surface area contributed by atoms with Gasteiger partial charge in [-0.2, -0.15) is 0 Å². The molecule has 7 heteroatoms. The van der Waals surface area contributed by atoms with Crippen LogP contribution >= 0.6 is 0 Å². The number of rotatable bonds is 7. The summed E-state index contributed by atoms with van der Waals surface area (Å²) in [6, 6.07) is 0.475. The predicted molar refractivity (Wildman–Crippen MR) is 78.1 cm³/mol. The van der Waals surface area contributed by atoms with Crippen LogP contribution in [0.4, 0.5) is 0 Å². The molecular formula is C13H25N3O3S. The van der Waals surface area contributed by atoms with E-state index in [9.17, 15) is 13.2 Å². The minimum absolute atomic E-state index is 0.0676. The van der Waals surface area contributed by atoms with E-state index >= 15 is 0 Å². The maximum Gasteiger partial charge on any atom is 0.237 e. The van der Waals surface area contributed by atoms with Crippen LogP contribution in [0.25, 0.3) is 0 Å². The average molecular weight is 303 g/mol. The van der Waals surface area contributed by atoms with Gasteiger partial charge in [-0.3, -0.25) is 4.79 Å². The molecule has 2 rings (SSSR count). The number of carbonyl (C=O) groups is 1. The standard InChI is InChI=1S/C13H25N3O3S/c1-13(12(14)17,15-10-3-4-10)6-7-16(2)11-5-8-20(18,19)9-11/h10-11,15H,3-9H2,1-2H3,(H2,14,17). The van der Waals surface area contributed by atoms with Gasteiger partial charge in [0.15, 0.2) is 9.84 Å². The molecule has 2 unspecified atom stereocenters. The highest BCUT2D eigenvalue weighted by atomic mass is 32.2. The van der Waals surface area contributed by atoms with Gasteiger partial charge in [0, 0.05) is 18.6 Å². The molecule has 6 nitrogen and oxygen atoms in total. The lowest BCUT2D eigenvalue weighted by Crippen LogP contribution is -2.55. The Hall–Kier alpha value is -0.660. The van der Waals surface area contributed by atoms with Crippen LogP contribution in [0.3, 0.4) is 0 Å². The highest BCUT2D eigenvalue weighted by molar-refractivity contribution is 7.91. The lowest BCUT2D eigenvalue weighted by molar-refractivity contribution is -0.124. The molecule has 1 saturated carbocycles. The zero-order valence-electron chi connectivity index (χ0n) is 12.3. The Bertz CT molecular complexity index is 475. The number of carbonyl (C=O) groups excluding carboxylic acids is 1. The Morgan fingerprint density at radius 1 is 1.40 bits per heavy atom. The van der Waals surface area contributed by atoms with Gasteiger partial charge in [-0.05, 0) is 39.7 Å². The van der Waals surface area contributed by atoms with E-state index < -0.39 is 15.4 Å². The molecule has 1 heterocycles. The van der Waals surface area contributed by atoms with E-state index in [2.05, 4.69) is 5.32 Å². The average Bonchev–Trinajstić information content (AvgIpc) is 3.08. The van der Waals surface area contributed by atoms with Gasteiger partial charge in [-0.15, -0.1) is 0 Å². The zero-order valence-corrected chi connectivity index (χ0v) is 13.1. The van der Waals surface area contributed by atoms with Crippen LogP contribution in [0.1, 0.15) is 32.6 Å². The van der Waals surface area contributed by atoms with Crippen molar-refractivity contribution in [2.24, 2.45) is 5.73 Å². The molecular weight excluding hydrogens is 278 g/mol. The van der Waals surface area contributed by atoms with Crippen molar-refractivity contribution in [3.63, 3.8) is 0 Å². The molecule has 1 saturated heterocycles. The van der Waals surface area contributed by atoms with Crippen molar-refractivity contribution >= 4 is 15.7 Å². The van der Waals surface area contributed by atoms with Crippen LogP contribution in [0.2, 0.25) is 0 Å². The third kappa shape index (κ3) is 3.93. The first kappa shape index (κ1) is 15.7. The van der Waals surface area contributed by atoms with Gasteiger partial charge < -0.3 is 16.0 Å². The molecule has 0 radical (unpaired) electrons. The molecule has 1 aliphatic heterocycles. The number of hydrogen-bond donors (Lipinski definition) is 2. The van der Waals surface area contributed by atoms with Gasteiger partial charge in [-0.25, -0.2) is 8.42 Å². The summed E-state index contributed by atoms with van der Waals surface area (Å²) in [4.78, 5) is 13.7. The first-order valence-corrected chi connectivity index (χ1v) is 9.02. The second kappa shape index (κ2) is 5.61. The maximum atomic E-state index is 11.7. The van der Waals surface area contributed by atoms with E-state index in [1.165, 1.54) is 0 Å². The number of nitrogens with one attached hydrogen (secondary N) is 1. The van der Waals surface area contributed by atoms with E-state index in [0.29, 0.717) is 25.4 Å². The van der Waals surface area contributed by atoms with E-state index in [4.69, 9.17) is 5.73 Å². The Morgan fingerprint density at radius 2 is 2.05 bits per heavy atom. The van der Waals surface area contributed by atoms with Crippen molar-refractivity contribution in [1.82, 2.24) is 10.2 Å². The van der Waals surface area contributed by atoms with Crippen LogP contribution in [-0.4, -0.2) is 61.9 Å². The summed E-state index contributed by atoms with van der Waals surface area (Å²) in [5.74, 6) is 0.166. The van der Waals surface area contributed by atoms with E-state index in [-0.39, 0.29) is 23.5 Å². The Morgan fingerprint density at radius 3 is 2.50 bits per heavy atom. The molecule has 3 N–H and O–H groups in total. The molecule has 0 aromatic rings. The molecule has 116 valence electrons. The first-order valence-electron chi connectivity index (χ1n) is 7.20. The topological polar surface area (TPSA) is 92.5 Å². The highest BCUT2D eigenvalue weighted by Crippen LogP contribution is 2.25. The molecule has 1 aliphatic carbocycles. The summed E-state index contributed by atoms with van der Waals surface area (Å²) in [6.45, 7) is 2.51.